The summed E-state index contributed by atoms with van der Waals surface area (Å²) in [6.45, 7) is 0. The third-order valence-electron chi connectivity index (χ3n) is 2.19. The number of carbonyl (C=O) groups is 2. The van der Waals surface area contributed by atoms with Gasteiger partial charge in [0.25, 0.3) is 0 Å². The van der Waals surface area contributed by atoms with Gasteiger partial charge in [-0.05, 0) is 18.2 Å². The first-order valence-electron chi connectivity index (χ1n) is 5.53. The minimum Gasteiger partial charge on any atom is -0.466 e. The van der Waals surface area contributed by atoms with Gasteiger partial charge in [0.15, 0.2) is 0 Å². The number of para-hydroxylation sites is 1. The highest BCUT2D eigenvalue weighted by atomic mass is 16.5. The topological polar surface area (TPSA) is 64.6 Å². The number of benzene rings is 1. The van der Waals surface area contributed by atoms with Crippen molar-refractivity contribution >= 4 is 17.6 Å². The fourth-order valence-electron chi connectivity index (χ4n) is 1.21. The smallest absolute Gasteiger partial charge is 0.339 e. The largest absolute Gasteiger partial charge is 0.466 e. The van der Waals surface area contributed by atoms with E-state index in [9.17, 15) is 9.59 Å². The Morgan fingerprint density at radius 3 is 2.32 bits per heavy atom. The van der Waals surface area contributed by atoms with Crippen molar-refractivity contribution in [1.82, 2.24) is 0 Å². The van der Waals surface area contributed by atoms with Crippen LogP contribution in [0.4, 0.5) is 5.69 Å². The van der Waals surface area contributed by atoms with Crippen molar-refractivity contribution in [2.75, 3.05) is 19.5 Å². The Morgan fingerprint density at radius 1 is 1.05 bits per heavy atom. The normalized spacial score (nSPS) is 11.2. The van der Waals surface area contributed by atoms with Gasteiger partial charge in [-0.25, -0.2) is 9.59 Å². The van der Waals surface area contributed by atoms with Gasteiger partial charge >= 0.3 is 11.9 Å². The number of hydrogen-bond acceptors (Lipinski definition) is 5. The van der Waals surface area contributed by atoms with E-state index in [-0.39, 0.29) is 5.57 Å². The zero-order valence-electron chi connectivity index (χ0n) is 10.8. The lowest BCUT2D eigenvalue weighted by Gasteiger charge is -2.03. The maximum absolute atomic E-state index is 11.5. The zero-order chi connectivity index (χ0) is 14.1. The van der Waals surface area contributed by atoms with Crippen LogP contribution in [0.3, 0.4) is 0 Å². The number of ether oxygens (including phenoxy) is 2. The van der Waals surface area contributed by atoms with Crippen molar-refractivity contribution in [3.05, 3.63) is 54.3 Å². The van der Waals surface area contributed by atoms with E-state index in [0.29, 0.717) is 0 Å². The van der Waals surface area contributed by atoms with Crippen LogP contribution < -0.4 is 5.32 Å². The summed E-state index contributed by atoms with van der Waals surface area (Å²) < 4.78 is 9.07. The van der Waals surface area contributed by atoms with Gasteiger partial charge in [0.2, 0.25) is 0 Å². The highest BCUT2D eigenvalue weighted by Crippen LogP contribution is 2.07. The average Bonchev–Trinajstić information content (AvgIpc) is 2.47. The number of anilines is 1. The molecule has 0 heterocycles. The molecule has 0 atom stereocenters. The molecule has 1 aromatic carbocycles. The van der Waals surface area contributed by atoms with Crippen LogP contribution in [0.1, 0.15) is 0 Å². The first-order chi connectivity index (χ1) is 9.17. The molecule has 0 aliphatic rings. The molecule has 0 bridgehead atoms. The number of rotatable bonds is 5. The van der Waals surface area contributed by atoms with E-state index < -0.39 is 11.9 Å². The third-order valence-corrected chi connectivity index (χ3v) is 2.19. The number of esters is 2. The molecular weight excluding hydrogens is 246 g/mol. The fraction of sp³-hybridized carbons (Fsp3) is 0.143. The van der Waals surface area contributed by atoms with E-state index in [1.165, 1.54) is 26.5 Å². The van der Waals surface area contributed by atoms with Gasteiger partial charge in [-0.15, -0.1) is 0 Å². The summed E-state index contributed by atoms with van der Waals surface area (Å²) in [5, 5.41) is 2.94. The predicted molar refractivity (Wildman–Crippen MR) is 71.3 cm³/mol. The van der Waals surface area contributed by atoms with Gasteiger partial charge in [-0.3, -0.25) is 0 Å². The van der Waals surface area contributed by atoms with Crippen molar-refractivity contribution in [3.63, 3.8) is 0 Å². The van der Waals surface area contributed by atoms with E-state index in [1.807, 2.05) is 30.3 Å². The van der Waals surface area contributed by atoms with E-state index in [2.05, 4.69) is 14.8 Å². The molecule has 1 rings (SSSR count). The Balaban J connectivity index is 2.82. The number of nitrogens with one attached hydrogen (secondary N) is 1. The molecule has 0 aliphatic carbocycles. The first-order valence-corrected chi connectivity index (χ1v) is 5.53. The molecule has 5 nitrogen and oxygen atoms in total. The van der Waals surface area contributed by atoms with Crippen molar-refractivity contribution in [2.24, 2.45) is 0 Å². The molecule has 0 saturated carbocycles. The number of hydrogen-bond donors (Lipinski definition) is 1. The van der Waals surface area contributed by atoms with Crippen LogP contribution in [-0.2, 0) is 19.1 Å². The van der Waals surface area contributed by atoms with Gasteiger partial charge < -0.3 is 14.8 Å². The second-order valence-electron chi connectivity index (χ2n) is 3.46. The van der Waals surface area contributed by atoms with Crippen LogP contribution in [0.15, 0.2) is 54.3 Å². The molecule has 5 heteroatoms. The zero-order valence-corrected chi connectivity index (χ0v) is 10.8. The molecule has 0 aliphatic heterocycles. The van der Waals surface area contributed by atoms with Crippen LogP contribution >= 0.6 is 0 Å². The van der Waals surface area contributed by atoms with Crippen LogP contribution in [0.2, 0.25) is 0 Å². The van der Waals surface area contributed by atoms with Crippen LogP contribution in [-0.4, -0.2) is 26.2 Å². The van der Waals surface area contributed by atoms with E-state index in [0.717, 1.165) is 11.8 Å². The molecule has 0 amide bonds. The Bertz CT molecular complexity index is 491. The summed E-state index contributed by atoms with van der Waals surface area (Å²) in [6, 6.07) is 9.29. The van der Waals surface area contributed by atoms with Crippen molar-refractivity contribution in [2.45, 2.75) is 0 Å². The fourth-order valence-corrected chi connectivity index (χ4v) is 1.21. The Labute approximate surface area is 111 Å². The van der Waals surface area contributed by atoms with Crippen molar-refractivity contribution in [3.8, 4) is 0 Å². The summed E-state index contributed by atoms with van der Waals surface area (Å²) in [6.07, 6.45) is 3.93. The average molecular weight is 261 g/mol. The molecule has 1 N–H and O–H groups in total. The third kappa shape index (κ3) is 5.08. The molecule has 19 heavy (non-hydrogen) atoms. The highest BCUT2D eigenvalue weighted by Gasteiger charge is 2.06. The van der Waals surface area contributed by atoms with Gasteiger partial charge in [0.05, 0.1) is 19.8 Å². The van der Waals surface area contributed by atoms with Crippen molar-refractivity contribution in [1.29, 1.82) is 0 Å². The summed E-state index contributed by atoms with van der Waals surface area (Å²) in [5.41, 5.74) is 1.02. The number of carbonyl (C=O) groups excluding carboxylic acids is 2. The Hall–Kier alpha value is -2.56. The van der Waals surface area contributed by atoms with Gasteiger partial charge in [0.1, 0.15) is 0 Å². The molecule has 0 fully saturated rings. The summed E-state index contributed by atoms with van der Waals surface area (Å²) >= 11 is 0. The lowest BCUT2D eigenvalue weighted by atomic mass is 10.2. The van der Waals surface area contributed by atoms with Crippen LogP contribution in [0.5, 0.6) is 0 Å². The molecule has 0 radical (unpaired) electrons. The number of methoxy groups -OCH3 is 2. The molecule has 0 unspecified atom stereocenters. The molecule has 1 aromatic rings. The predicted octanol–water partition coefficient (Wildman–Crippen LogP) is 1.88. The summed E-state index contributed by atoms with van der Waals surface area (Å²) in [7, 11) is 2.53. The molecule has 0 spiro atoms. The monoisotopic (exact) mass is 261 g/mol. The van der Waals surface area contributed by atoms with E-state index in [1.54, 1.807) is 0 Å². The first kappa shape index (κ1) is 14.5. The van der Waals surface area contributed by atoms with E-state index in [4.69, 9.17) is 0 Å². The highest BCUT2D eigenvalue weighted by molar-refractivity contribution is 5.94. The quantitative estimate of drug-likeness (QED) is 0.498. The van der Waals surface area contributed by atoms with Gasteiger partial charge in [0, 0.05) is 18.0 Å². The second-order valence-corrected chi connectivity index (χ2v) is 3.46. The minimum atomic E-state index is -0.552. The van der Waals surface area contributed by atoms with Crippen LogP contribution in [0.25, 0.3) is 0 Å². The Kier molecular flexibility index (Phi) is 5.88. The Morgan fingerprint density at radius 2 is 1.74 bits per heavy atom. The maximum atomic E-state index is 11.5. The van der Waals surface area contributed by atoms with Gasteiger partial charge in [-0.1, -0.05) is 18.2 Å². The van der Waals surface area contributed by atoms with E-state index >= 15 is 0 Å². The molecule has 0 saturated heterocycles. The summed E-state index contributed by atoms with van der Waals surface area (Å²) in [4.78, 5) is 22.5. The second kappa shape index (κ2) is 7.71. The summed E-state index contributed by atoms with van der Waals surface area (Å²) in [5.74, 6) is -1.10. The molecule has 0 aromatic heterocycles. The molecular formula is C14H15NO4. The van der Waals surface area contributed by atoms with Crippen molar-refractivity contribution < 1.29 is 19.1 Å². The van der Waals surface area contributed by atoms with Gasteiger partial charge in [-0.2, -0.15) is 0 Å². The standard InChI is InChI=1S/C14H15NO4/c1-18-13(16)9-8-11(14(17)19-2)10-15-12-6-4-3-5-7-12/h3-10,15H,1-2H3/b9-8-,11-10+. The lowest BCUT2D eigenvalue weighted by Crippen LogP contribution is -2.06. The minimum absolute atomic E-state index is 0.205. The maximum Gasteiger partial charge on any atom is 0.339 e. The SMILES string of the molecule is COC(=O)/C=C\C(=C/Nc1ccccc1)C(=O)OC. The molecule has 100 valence electrons. The lowest BCUT2D eigenvalue weighted by molar-refractivity contribution is -0.135. The van der Waals surface area contributed by atoms with Crippen LogP contribution in [0, 0.1) is 0 Å².